The van der Waals surface area contributed by atoms with Gasteiger partial charge in [0.25, 0.3) is 5.56 Å². The molecule has 0 radical (unpaired) electrons. The summed E-state index contributed by atoms with van der Waals surface area (Å²) >= 11 is 6.33. The van der Waals surface area contributed by atoms with Gasteiger partial charge < -0.3 is 9.88 Å². The highest BCUT2D eigenvalue weighted by molar-refractivity contribution is 7.91. The minimum Gasteiger partial charge on any atom is -0.309 e. The number of benzene rings is 2. The number of aryl methyl sites for hydroxylation is 1. The van der Waals surface area contributed by atoms with Crippen LogP contribution < -0.4 is 10.9 Å². The lowest BCUT2D eigenvalue weighted by Crippen LogP contribution is -2.33. The number of sulfone groups is 1. The lowest BCUT2D eigenvalue weighted by Gasteiger charge is -2.16. The van der Waals surface area contributed by atoms with E-state index in [1.165, 1.54) is 0 Å². The van der Waals surface area contributed by atoms with Gasteiger partial charge in [0.2, 0.25) is 0 Å². The largest absolute Gasteiger partial charge is 0.309 e. The number of hydrogen-bond donors (Lipinski definition) is 1. The number of halogens is 1. The monoisotopic (exact) mass is 430 g/mol. The molecule has 29 heavy (non-hydrogen) atoms. The molecule has 1 aliphatic rings. The van der Waals surface area contributed by atoms with Gasteiger partial charge in [-0.15, -0.1) is 0 Å². The van der Waals surface area contributed by atoms with E-state index in [4.69, 9.17) is 11.6 Å². The third-order valence-electron chi connectivity index (χ3n) is 5.42. The molecule has 1 aromatic heterocycles. The number of rotatable bonds is 5. The van der Waals surface area contributed by atoms with Crippen LogP contribution in [0.1, 0.15) is 23.1 Å². The Morgan fingerprint density at radius 3 is 2.66 bits per heavy atom. The average Bonchev–Trinajstić information content (AvgIpc) is 3.03. The minimum atomic E-state index is -2.96. The van der Waals surface area contributed by atoms with Crippen LogP contribution >= 0.6 is 11.6 Å². The van der Waals surface area contributed by atoms with Gasteiger partial charge in [0.05, 0.1) is 23.6 Å². The first-order valence-corrected chi connectivity index (χ1v) is 11.8. The van der Waals surface area contributed by atoms with Crippen LogP contribution in [0.5, 0.6) is 0 Å². The van der Waals surface area contributed by atoms with Crippen LogP contribution in [-0.4, -0.2) is 30.5 Å². The van der Waals surface area contributed by atoms with Crippen molar-refractivity contribution >= 4 is 32.3 Å². The minimum absolute atomic E-state index is 0.0883. The van der Waals surface area contributed by atoms with Gasteiger partial charge in [-0.25, -0.2) is 8.42 Å². The molecule has 7 heteroatoms. The number of fused-ring (bicyclic) bond motifs is 1. The first kappa shape index (κ1) is 20.1. The molecule has 0 amide bonds. The summed E-state index contributed by atoms with van der Waals surface area (Å²) < 4.78 is 25.2. The topological polar surface area (TPSA) is 68.2 Å². The molecule has 0 aliphatic carbocycles. The summed E-state index contributed by atoms with van der Waals surface area (Å²) in [5.41, 5.74) is 3.38. The van der Waals surface area contributed by atoms with Gasteiger partial charge in [-0.3, -0.25) is 4.79 Å². The van der Waals surface area contributed by atoms with E-state index in [0.29, 0.717) is 30.1 Å². The molecule has 152 valence electrons. The predicted octanol–water partition coefficient (Wildman–Crippen LogP) is 3.29. The SMILES string of the molecule is Cc1ccc2c(c1)cc(CN[C@@H]1CCS(=O)(=O)C1)c(=O)n2Cc1ccccc1Cl. The van der Waals surface area contributed by atoms with Crippen LogP contribution in [0, 0.1) is 6.92 Å². The molecule has 0 spiro atoms. The van der Waals surface area contributed by atoms with Crippen molar-refractivity contribution in [1.29, 1.82) is 0 Å². The molecule has 0 unspecified atom stereocenters. The fourth-order valence-electron chi connectivity index (χ4n) is 3.86. The van der Waals surface area contributed by atoms with Gasteiger partial charge >= 0.3 is 0 Å². The first-order chi connectivity index (χ1) is 13.8. The van der Waals surface area contributed by atoms with Crippen LogP contribution in [0.25, 0.3) is 10.9 Å². The third kappa shape index (κ3) is 4.39. The maximum Gasteiger partial charge on any atom is 0.255 e. The van der Waals surface area contributed by atoms with E-state index in [9.17, 15) is 13.2 Å². The van der Waals surface area contributed by atoms with Gasteiger partial charge in [-0.05, 0) is 48.6 Å². The van der Waals surface area contributed by atoms with Crippen molar-refractivity contribution in [3.63, 3.8) is 0 Å². The molecule has 2 aromatic carbocycles. The zero-order valence-corrected chi connectivity index (χ0v) is 17.8. The molecular weight excluding hydrogens is 408 g/mol. The molecule has 0 saturated carbocycles. The van der Waals surface area contributed by atoms with E-state index < -0.39 is 9.84 Å². The van der Waals surface area contributed by atoms with Crippen molar-refractivity contribution < 1.29 is 8.42 Å². The summed E-state index contributed by atoms with van der Waals surface area (Å²) in [6.45, 7) is 2.74. The lowest BCUT2D eigenvalue weighted by atomic mass is 10.1. The highest BCUT2D eigenvalue weighted by atomic mass is 35.5. The van der Waals surface area contributed by atoms with Crippen LogP contribution in [0.3, 0.4) is 0 Å². The maximum absolute atomic E-state index is 13.3. The smallest absolute Gasteiger partial charge is 0.255 e. The summed E-state index contributed by atoms with van der Waals surface area (Å²) in [6, 6.07) is 15.3. The van der Waals surface area contributed by atoms with E-state index >= 15 is 0 Å². The quantitative estimate of drug-likeness (QED) is 0.674. The Bertz CT molecular complexity index is 1230. The Hall–Kier alpha value is -2.15. The van der Waals surface area contributed by atoms with Crippen molar-refractivity contribution in [3.05, 3.63) is 80.6 Å². The Morgan fingerprint density at radius 1 is 1.14 bits per heavy atom. The standard InChI is InChI=1S/C22H23ClN2O3S/c1-15-6-7-21-17(10-15)11-18(12-24-19-8-9-29(27,28)14-19)22(26)25(21)13-16-4-2-3-5-20(16)23/h2-7,10-11,19,24H,8-9,12-14H2,1H3/t19-/m1/s1. The second-order valence-electron chi connectivity index (χ2n) is 7.70. The fourth-order valence-corrected chi connectivity index (χ4v) is 5.76. The number of hydrogen-bond acceptors (Lipinski definition) is 4. The molecule has 1 saturated heterocycles. The predicted molar refractivity (Wildman–Crippen MR) is 117 cm³/mol. The van der Waals surface area contributed by atoms with E-state index in [-0.39, 0.29) is 23.1 Å². The molecule has 5 nitrogen and oxygen atoms in total. The van der Waals surface area contributed by atoms with Crippen LogP contribution in [0.4, 0.5) is 0 Å². The first-order valence-electron chi connectivity index (χ1n) is 9.63. The van der Waals surface area contributed by atoms with E-state index in [1.54, 1.807) is 4.57 Å². The van der Waals surface area contributed by atoms with E-state index in [2.05, 4.69) is 11.4 Å². The van der Waals surface area contributed by atoms with Gasteiger partial charge in [0.15, 0.2) is 9.84 Å². The van der Waals surface area contributed by atoms with Crippen LogP contribution in [-0.2, 0) is 22.9 Å². The normalized spacial score (nSPS) is 18.3. The summed E-state index contributed by atoms with van der Waals surface area (Å²) in [4.78, 5) is 13.3. The molecule has 4 rings (SSSR count). The van der Waals surface area contributed by atoms with Gasteiger partial charge in [0.1, 0.15) is 0 Å². The van der Waals surface area contributed by atoms with Gasteiger partial charge in [-0.1, -0.05) is 41.4 Å². The highest BCUT2D eigenvalue weighted by Gasteiger charge is 2.27. The Balaban J connectivity index is 1.72. The van der Waals surface area contributed by atoms with E-state index in [1.807, 2.05) is 49.4 Å². The van der Waals surface area contributed by atoms with Crippen LogP contribution in [0.15, 0.2) is 53.3 Å². The second kappa shape index (κ2) is 7.94. The van der Waals surface area contributed by atoms with E-state index in [0.717, 1.165) is 22.0 Å². The summed E-state index contributed by atoms with van der Waals surface area (Å²) in [7, 11) is -2.96. The molecule has 1 N–H and O–H groups in total. The maximum atomic E-state index is 13.3. The molecule has 2 heterocycles. The molecule has 1 atom stereocenters. The van der Waals surface area contributed by atoms with Crippen molar-refractivity contribution in [1.82, 2.24) is 9.88 Å². The zero-order chi connectivity index (χ0) is 20.6. The van der Waals surface area contributed by atoms with Crippen molar-refractivity contribution in [3.8, 4) is 0 Å². The van der Waals surface area contributed by atoms with Gasteiger partial charge in [0, 0.05) is 23.2 Å². The Morgan fingerprint density at radius 2 is 1.93 bits per heavy atom. The highest BCUT2D eigenvalue weighted by Crippen LogP contribution is 2.21. The summed E-state index contributed by atoms with van der Waals surface area (Å²) in [6.07, 6.45) is 0.586. The second-order valence-corrected chi connectivity index (χ2v) is 10.3. The molecule has 0 bridgehead atoms. The number of aromatic nitrogens is 1. The van der Waals surface area contributed by atoms with Gasteiger partial charge in [-0.2, -0.15) is 0 Å². The Labute approximate surface area is 175 Å². The molecule has 1 aliphatic heterocycles. The van der Waals surface area contributed by atoms with Crippen molar-refractivity contribution in [2.24, 2.45) is 0 Å². The summed E-state index contributed by atoms with van der Waals surface area (Å²) in [5.74, 6) is 0.339. The van der Waals surface area contributed by atoms with Crippen LogP contribution in [0.2, 0.25) is 5.02 Å². The van der Waals surface area contributed by atoms with Crippen molar-refractivity contribution in [2.45, 2.75) is 32.5 Å². The fraction of sp³-hybridized carbons (Fsp3) is 0.318. The average molecular weight is 431 g/mol. The van der Waals surface area contributed by atoms with Crippen molar-refractivity contribution in [2.75, 3.05) is 11.5 Å². The zero-order valence-electron chi connectivity index (χ0n) is 16.2. The molecule has 1 fully saturated rings. The number of pyridine rings is 1. The summed E-state index contributed by atoms with van der Waals surface area (Å²) in [5, 5.41) is 4.86. The number of nitrogens with one attached hydrogen (secondary N) is 1. The lowest BCUT2D eigenvalue weighted by molar-refractivity contribution is 0.550. The number of nitrogens with zero attached hydrogens (tertiary/aromatic N) is 1. The Kier molecular flexibility index (Phi) is 5.51. The third-order valence-corrected chi connectivity index (χ3v) is 7.56. The molecular formula is C22H23ClN2O3S. The molecule has 3 aromatic rings.